The van der Waals surface area contributed by atoms with E-state index in [1.54, 1.807) is 4.68 Å². The maximum atomic E-state index is 13.9. The van der Waals surface area contributed by atoms with Gasteiger partial charge in [-0.2, -0.15) is 10.1 Å². The van der Waals surface area contributed by atoms with Crippen molar-refractivity contribution >= 4 is 45.1 Å². The van der Waals surface area contributed by atoms with E-state index in [1.165, 1.54) is 6.33 Å². The summed E-state index contributed by atoms with van der Waals surface area (Å²) >= 11 is 10.0. The Bertz CT molecular complexity index is 1620. The molecule has 1 amide bonds. The molecule has 4 aromatic rings. The summed E-state index contributed by atoms with van der Waals surface area (Å²) in [6.07, 6.45) is 1.47. The first kappa shape index (κ1) is 27.7. The highest BCUT2D eigenvalue weighted by Gasteiger charge is 2.34. The number of nitrogens with zero attached hydrogens (tertiary/aromatic N) is 3. The Morgan fingerprint density at radius 3 is 2.70 bits per heavy atom. The van der Waals surface area contributed by atoms with E-state index in [9.17, 15) is 4.79 Å². The minimum Gasteiger partial charge on any atom is -0.490 e. The Hall–Kier alpha value is -3.82. The fraction of sp³-hybridized carbons (Fsp3) is 0.233. The van der Waals surface area contributed by atoms with Gasteiger partial charge < -0.3 is 20.1 Å². The minimum atomic E-state index is -0.572. The summed E-state index contributed by atoms with van der Waals surface area (Å²) in [5.41, 5.74) is 5.69. The van der Waals surface area contributed by atoms with Crippen molar-refractivity contribution in [2.75, 3.05) is 17.2 Å². The molecule has 0 saturated heterocycles. The molecule has 5 rings (SSSR count). The van der Waals surface area contributed by atoms with Crippen molar-refractivity contribution in [3.8, 4) is 11.5 Å². The van der Waals surface area contributed by atoms with Crippen LogP contribution in [0.25, 0.3) is 0 Å². The van der Waals surface area contributed by atoms with E-state index in [-0.39, 0.29) is 12.5 Å². The summed E-state index contributed by atoms with van der Waals surface area (Å²) in [7, 11) is 0. The number of fused-ring (bicyclic) bond motifs is 1. The van der Waals surface area contributed by atoms with E-state index in [0.717, 1.165) is 27.9 Å². The number of benzene rings is 3. The normalized spacial score (nSPS) is 14.4. The number of carbonyl (C=O) groups is 1. The number of hydrogen-bond donors (Lipinski definition) is 2. The Balaban J connectivity index is 1.55. The summed E-state index contributed by atoms with van der Waals surface area (Å²) in [6.45, 7) is 8.47. The lowest BCUT2D eigenvalue weighted by atomic mass is 9.94. The molecular formula is C30H29BrClN5O3. The van der Waals surface area contributed by atoms with Gasteiger partial charge in [-0.05, 0) is 84.6 Å². The first-order chi connectivity index (χ1) is 19.3. The first-order valence-electron chi connectivity index (χ1n) is 12.9. The molecule has 0 spiro atoms. The van der Waals surface area contributed by atoms with E-state index in [1.807, 2.05) is 82.3 Å². The van der Waals surface area contributed by atoms with Gasteiger partial charge in [0.1, 0.15) is 19.0 Å². The van der Waals surface area contributed by atoms with Crippen molar-refractivity contribution in [2.45, 2.75) is 40.3 Å². The highest BCUT2D eigenvalue weighted by atomic mass is 79.9. The zero-order valence-electron chi connectivity index (χ0n) is 22.6. The number of carbonyl (C=O) groups excluding carboxylic acids is 1. The number of allylic oxidation sites excluding steroid dienone is 1. The van der Waals surface area contributed by atoms with Gasteiger partial charge in [-0.3, -0.25) is 4.79 Å². The van der Waals surface area contributed by atoms with E-state index >= 15 is 0 Å². The molecule has 40 heavy (non-hydrogen) atoms. The van der Waals surface area contributed by atoms with Crippen molar-refractivity contribution in [2.24, 2.45) is 0 Å². The van der Waals surface area contributed by atoms with Gasteiger partial charge in [0, 0.05) is 22.0 Å². The number of anilines is 2. The zero-order valence-corrected chi connectivity index (χ0v) is 24.9. The summed E-state index contributed by atoms with van der Waals surface area (Å²) < 4.78 is 14.6. The van der Waals surface area contributed by atoms with Crippen LogP contribution >= 0.6 is 27.5 Å². The Morgan fingerprint density at radius 1 is 1.12 bits per heavy atom. The Labute approximate surface area is 246 Å². The molecule has 10 heteroatoms. The number of ether oxygens (including phenoxy) is 2. The fourth-order valence-electron chi connectivity index (χ4n) is 4.68. The van der Waals surface area contributed by atoms with Crippen molar-refractivity contribution in [1.82, 2.24) is 14.8 Å². The van der Waals surface area contributed by atoms with Crippen LogP contribution in [0.1, 0.15) is 42.1 Å². The molecule has 1 aromatic heterocycles. The van der Waals surface area contributed by atoms with Crippen molar-refractivity contribution in [1.29, 1.82) is 0 Å². The molecule has 0 fully saturated rings. The monoisotopic (exact) mass is 621 g/mol. The number of hydrogen-bond acceptors (Lipinski definition) is 6. The summed E-state index contributed by atoms with van der Waals surface area (Å²) in [6, 6.07) is 16.6. The average molecular weight is 623 g/mol. The number of rotatable bonds is 8. The molecule has 0 saturated carbocycles. The molecule has 0 bridgehead atoms. The van der Waals surface area contributed by atoms with Crippen molar-refractivity contribution < 1.29 is 14.3 Å². The smallest absolute Gasteiger partial charge is 0.255 e. The molecular weight excluding hydrogens is 594 g/mol. The second-order valence-corrected chi connectivity index (χ2v) is 10.7. The molecule has 3 aromatic carbocycles. The van der Waals surface area contributed by atoms with Crippen molar-refractivity contribution in [3.63, 3.8) is 0 Å². The van der Waals surface area contributed by atoms with Gasteiger partial charge in [-0.1, -0.05) is 41.9 Å². The van der Waals surface area contributed by atoms with Crippen LogP contribution in [0.2, 0.25) is 5.02 Å². The fourth-order valence-corrected chi connectivity index (χ4v) is 5.45. The second kappa shape index (κ2) is 11.7. The highest BCUT2D eigenvalue weighted by Crippen LogP contribution is 2.43. The highest BCUT2D eigenvalue weighted by molar-refractivity contribution is 9.10. The van der Waals surface area contributed by atoms with Gasteiger partial charge >= 0.3 is 0 Å². The van der Waals surface area contributed by atoms with Crippen LogP contribution in [0.3, 0.4) is 0 Å². The number of amides is 1. The summed E-state index contributed by atoms with van der Waals surface area (Å²) in [5, 5.41) is 11.4. The van der Waals surface area contributed by atoms with Crippen molar-refractivity contribution in [3.05, 3.63) is 104 Å². The molecule has 1 aliphatic heterocycles. The zero-order chi connectivity index (χ0) is 28.4. The third-order valence-corrected chi connectivity index (χ3v) is 7.83. The predicted octanol–water partition coefficient (Wildman–Crippen LogP) is 7.22. The van der Waals surface area contributed by atoms with Gasteiger partial charge in [0.15, 0.2) is 11.5 Å². The predicted molar refractivity (Wildman–Crippen MR) is 160 cm³/mol. The average Bonchev–Trinajstić information content (AvgIpc) is 3.39. The van der Waals surface area contributed by atoms with E-state index in [4.69, 9.17) is 21.1 Å². The quantitative estimate of drug-likeness (QED) is 0.216. The van der Waals surface area contributed by atoms with Crippen LogP contribution in [0.4, 0.5) is 11.6 Å². The molecule has 1 atom stereocenters. The van der Waals surface area contributed by atoms with Crippen LogP contribution in [0, 0.1) is 13.8 Å². The molecule has 1 unspecified atom stereocenters. The topological polar surface area (TPSA) is 90.3 Å². The Morgan fingerprint density at radius 2 is 1.93 bits per heavy atom. The number of nitrogens with one attached hydrogen (secondary N) is 2. The largest absolute Gasteiger partial charge is 0.490 e. The van der Waals surface area contributed by atoms with Gasteiger partial charge in [-0.25, -0.2) is 4.68 Å². The molecule has 0 radical (unpaired) electrons. The third-order valence-electron chi connectivity index (χ3n) is 6.87. The van der Waals surface area contributed by atoms with Crippen LogP contribution in [0.5, 0.6) is 11.5 Å². The van der Waals surface area contributed by atoms with Crippen LogP contribution in [-0.2, 0) is 11.4 Å². The lowest BCUT2D eigenvalue weighted by Gasteiger charge is -2.29. The maximum absolute atomic E-state index is 13.9. The van der Waals surface area contributed by atoms with Crippen LogP contribution in [0.15, 0.2) is 76.7 Å². The third kappa shape index (κ3) is 5.44. The van der Waals surface area contributed by atoms with Gasteiger partial charge in [0.2, 0.25) is 5.95 Å². The Kier molecular flexibility index (Phi) is 8.14. The van der Waals surface area contributed by atoms with Gasteiger partial charge in [0.25, 0.3) is 5.91 Å². The number of aromatic nitrogens is 3. The lowest BCUT2D eigenvalue weighted by molar-refractivity contribution is -0.113. The number of aryl methyl sites for hydroxylation is 1. The summed E-state index contributed by atoms with van der Waals surface area (Å²) in [5.74, 6) is 1.38. The SMILES string of the molecule is CCOc1cc(C2C(C(=O)Nc3cccc(C)c3C)=C(C)Nc3ncnn32)cc(Br)c1OCc1ccccc1Cl. The van der Waals surface area contributed by atoms with E-state index in [2.05, 4.69) is 36.6 Å². The molecule has 2 N–H and O–H groups in total. The lowest BCUT2D eigenvalue weighted by Crippen LogP contribution is -2.31. The van der Waals surface area contributed by atoms with Crippen LogP contribution in [-0.4, -0.2) is 27.3 Å². The molecule has 0 aliphatic carbocycles. The maximum Gasteiger partial charge on any atom is 0.255 e. The summed E-state index contributed by atoms with van der Waals surface area (Å²) in [4.78, 5) is 18.2. The van der Waals surface area contributed by atoms with Gasteiger partial charge in [-0.15, -0.1) is 0 Å². The van der Waals surface area contributed by atoms with Gasteiger partial charge in [0.05, 0.1) is 16.7 Å². The standard InChI is InChI=1S/C30H29BrClN5O3/c1-5-39-25-14-21(13-22(31)28(25)40-15-20-10-6-7-11-23(20)32)27-26(19(4)35-30-33-16-34-37(27)30)29(38)36-24-12-8-9-17(2)18(24)3/h6-14,16,27H,5,15H2,1-4H3,(H,36,38)(H,33,34,35). The molecule has 8 nitrogen and oxygen atoms in total. The van der Waals surface area contributed by atoms with E-state index < -0.39 is 6.04 Å². The number of halogens is 2. The minimum absolute atomic E-state index is 0.238. The molecule has 1 aliphatic rings. The second-order valence-electron chi connectivity index (χ2n) is 9.44. The van der Waals surface area contributed by atoms with Crippen LogP contribution < -0.4 is 20.1 Å². The molecule has 206 valence electrons. The molecule has 2 heterocycles. The van der Waals surface area contributed by atoms with E-state index in [0.29, 0.717) is 44.8 Å². The first-order valence-corrected chi connectivity index (χ1v) is 14.0.